The Morgan fingerprint density at radius 2 is 0.600 bits per heavy atom. The molecule has 0 aliphatic rings. The minimum Gasteiger partial charge on any atom is -0.462 e. The molecule has 0 unspecified atom stereocenters. The number of rotatable bonds is 46. The van der Waals surface area contributed by atoms with Crippen LogP contribution in [0.25, 0.3) is 0 Å². The molecule has 0 bridgehead atoms. The van der Waals surface area contributed by atoms with Crippen LogP contribution in [0.5, 0.6) is 0 Å². The number of carbonyl (C=O) groups is 3. The summed E-state index contributed by atoms with van der Waals surface area (Å²) in [6.45, 7) is 6.40. The van der Waals surface area contributed by atoms with E-state index in [0.717, 1.165) is 116 Å². The van der Waals surface area contributed by atoms with Gasteiger partial charge < -0.3 is 14.2 Å². The van der Waals surface area contributed by atoms with Crippen LogP contribution < -0.4 is 0 Å². The molecule has 0 aliphatic heterocycles. The van der Waals surface area contributed by atoms with Gasteiger partial charge in [-0.25, -0.2) is 0 Å². The molecule has 6 heteroatoms. The molecule has 0 N–H and O–H groups in total. The predicted molar refractivity (Wildman–Crippen MR) is 279 cm³/mol. The lowest BCUT2D eigenvalue weighted by Crippen LogP contribution is -2.30. The lowest BCUT2D eigenvalue weighted by Gasteiger charge is -2.18. The van der Waals surface area contributed by atoms with Crippen LogP contribution in [0.2, 0.25) is 0 Å². The number of esters is 3. The van der Waals surface area contributed by atoms with Crippen LogP contribution >= 0.6 is 0 Å². The van der Waals surface area contributed by atoms with Crippen LogP contribution in [0.4, 0.5) is 0 Å². The number of allylic oxidation sites excluding steroid dienone is 18. The number of hydrogen-bond acceptors (Lipinski definition) is 6. The van der Waals surface area contributed by atoms with Crippen molar-refractivity contribution in [3.8, 4) is 0 Å². The van der Waals surface area contributed by atoms with Crippen LogP contribution in [-0.2, 0) is 28.6 Å². The summed E-state index contributed by atoms with van der Waals surface area (Å²) in [5.41, 5.74) is 0. The molecule has 65 heavy (non-hydrogen) atoms. The fourth-order valence-corrected chi connectivity index (χ4v) is 6.76. The zero-order valence-electron chi connectivity index (χ0n) is 42.0. The van der Waals surface area contributed by atoms with E-state index in [1.54, 1.807) is 0 Å². The monoisotopic (exact) mass is 901 g/mol. The Balaban J connectivity index is 4.53. The zero-order chi connectivity index (χ0) is 47.2. The van der Waals surface area contributed by atoms with E-state index in [-0.39, 0.29) is 37.5 Å². The fourth-order valence-electron chi connectivity index (χ4n) is 6.76. The quantitative estimate of drug-likeness (QED) is 0.0262. The predicted octanol–water partition coefficient (Wildman–Crippen LogP) is 17.5. The van der Waals surface area contributed by atoms with E-state index >= 15 is 0 Å². The van der Waals surface area contributed by atoms with Crippen molar-refractivity contribution in [1.29, 1.82) is 0 Å². The van der Waals surface area contributed by atoms with Gasteiger partial charge in [0.2, 0.25) is 0 Å². The van der Waals surface area contributed by atoms with Crippen molar-refractivity contribution >= 4 is 17.9 Å². The third-order valence-electron chi connectivity index (χ3n) is 10.7. The number of ether oxygens (including phenoxy) is 3. The Labute approximate surface area is 400 Å². The Morgan fingerprint density at radius 3 is 1.03 bits per heavy atom. The summed E-state index contributed by atoms with van der Waals surface area (Å²) in [5, 5.41) is 0. The van der Waals surface area contributed by atoms with Gasteiger partial charge in [0.25, 0.3) is 0 Å². The van der Waals surface area contributed by atoms with Gasteiger partial charge in [-0.05, 0) is 128 Å². The van der Waals surface area contributed by atoms with Gasteiger partial charge in [0.15, 0.2) is 6.10 Å². The Morgan fingerprint density at radius 1 is 0.323 bits per heavy atom. The molecular weight excluding hydrogens is 805 g/mol. The summed E-state index contributed by atoms with van der Waals surface area (Å²) >= 11 is 0. The van der Waals surface area contributed by atoms with Gasteiger partial charge in [-0.3, -0.25) is 14.4 Å². The molecule has 0 aromatic carbocycles. The SMILES string of the molecule is CC/C=C\C/C=C\C/C=C\C/C=C\C/C=C\CCCCCC(=O)OC[C@H](COC(=O)CCCCCCC/C=C\CCCCCC)OC(=O)CCCC/C=C\C/C=C\C/C=C\CCCCC. The van der Waals surface area contributed by atoms with E-state index in [1.807, 2.05) is 0 Å². The van der Waals surface area contributed by atoms with E-state index < -0.39 is 6.10 Å². The zero-order valence-corrected chi connectivity index (χ0v) is 42.0. The molecule has 368 valence electrons. The average Bonchev–Trinajstić information content (AvgIpc) is 3.30. The van der Waals surface area contributed by atoms with Crippen molar-refractivity contribution in [3.05, 3.63) is 109 Å². The molecule has 0 amide bonds. The number of carbonyl (C=O) groups excluding carboxylic acids is 3. The standard InChI is InChI=1S/C59H96O6/c1-4-7-10-13-16-19-22-25-27-28-29-30-32-34-37-40-43-46-49-52-58(61)64-55-56(54-63-57(60)51-48-45-42-39-36-33-24-21-18-15-12-9-6-3)65-59(62)53-50-47-44-41-38-35-31-26-23-20-17-14-11-8-5-2/h7,10,16-17,19-21,24-27,29-31,34,37-38,41,56H,4-6,8-9,11-15,18,22-23,28,32-33,35-36,39-40,42-55H2,1-3H3/b10-7-,19-16-,20-17-,24-21-,27-25-,30-29-,31-26-,37-34-,41-38-/t56-/m0/s1. The van der Waals surface area contributed by atoms with Crippen molar-refractivity contribution in [2.75, 3.05) is 13.2 Å². The Bertz CT molecular complexity index is 1360. The maximum atomic E-state index is 12.8. The number of hydrogen-bond donors (Lipinski definition) is 0. The first-order valence-electron chi connectivity index (χ1n) is 26.4. The van der Waals surface area contributed by atoms with E-state index in [2.05, 4.69) is 130 Å². The highest BCUT2D eigenvalue weighted by Crippen LogP contribution is 2.12. The molecule has 0 aromatic rings. The summed E-state index contributed by atoms with van der Waals surface area (Å²) in [6, 6.07) is 0. The Kier molecular flexibility index (Phi) is 49.5. The maximum Gasteiger partial charge on any atom is 0.306 e. The summed E-state index contributed by atoms with van der Waals surface area (Å²) in [6.07, 6.45) is 70.7. The molecule has 0 spiro atoms. The smallest absolute Gasteiger partial charge is 0.306 e. The van der Waals surface area contributed by atoms with E-state index in [9.17, 15) is 14.4 Å². The molecule has 0 fully saturated rings. The molecule has 0 saturated heterocycles. The van der Waals surface area contributed by atoms with Crippen LogP contribution in [0.3, 0.4) is 0 Å². The summed E-state index contributed by atoms with van der Waals surface area (Å²) in [4.78, 5) is 38.0. The Hall–Kier alpha value is -3.93. The highest BCUT2D eigenvalue weighted by Gasteiger charge is 2.19. The highest BCUT2D eigenvalue weighted by atomic mass is 16.6. The van der Waals surface area contributed by atoms with Crippen LogP contribution in [-0.4, -0.2) is 37.2 Å². The van der Waals surface area contributed by atoms with Gasteiger partial charge >= 0.3 is 17.9 Å². The minimum atomic E-state index is -0.816. The molecule has 6 nitrogen and oxygen atoms in total. The average molecular weight is 901 g/mol. The first-order chi connectivity index (χ1) is 32.0. The molecule has 0 heterocycles. The minimum absolute atomic E-state index is 0.110. The topological polar surface area (TPSA) is 78.9 Å². The molecule has 0 radical (unpaired) electrons. The van der Waals surface area contributed by atoms with E-state index in [4.69, 9.17) is 14.2 Å². The molecule has 0 rings (SSSR count). The summed E-state index contributed by atoms with van der Waals surface area (Å²) in [5.74, 6) is -0.996. The summed E-state index contributed by atoms with van der Waals surface area (Å²) < 4.78 is 16.7. The van der Waals surface area contributed by atoms with Gasteiger partial charge in [-0.15, -0.1) is 0 Å². The fraction of sp³-hybridized carbons (Fsp3) is 0.644. The van der Waals surface area contributed by atoms with Crippen molar-refractivity contribution in [3.63, 3.8) is 0 Å². The molecule has 0 aromatic heterocycles. The second kappa shape index (κ2) is 52.7. The summed E-state index contributed by atoms with van der Waals surface area (Å²) in [7, 11) is 0. The van der Waals surface area contributed by atoms with Gasteiger partial charge in [-0.2, -0.15) is 0 Å². The molecule has 0 saturated carbocycles. The van der Waals surface area contributed by atoms with E-state index in [0.29, 0.717) is 19.3 Å². The van der Waals surface area contributed by atoms with Gasteiger partial charge in [0.05, 0.1) is 0 Å². The third-order valence-corrected chi connectivity index (χ3v) is 10.7. The normalized spacial score (nSPS) is 13.0. The second-order valence-corrected chi connectivity index (χ2v) is 17.0. The lowest BCUT2D eigenvalue weighted by atomic mass is 10.1. The van der Waals surface area contributed by atoms with Crippen molar-refractivity contribution < 1.29 is 28.6 Å². The van der Waals surface area contributed by atoms with Crippen LogP contribution in [0, 0.1) is 0 Å². The van der Waals surface area contributed by atoms with Crippen molar-refractivity contribution in [2.24, 2.45) is 0 Å². The molecular formula is C59H96O6. The van der Waals surface area contributed by atoms with Crippen LogP contribution in [0.1, 0.15) is 226 Å². The van der Waals surface area contributed by atoms with E-state index in [1.165, 1.54) is 64.2 Å². The first-order valence-corrected chi connectivity index (χ1v) is 26.4. The van der Waals surface area contributed by atoms with Gasteiger partial charge in [0, 0.05) is 19.3 Å². The second-order valence-electron chi connectivity index (χ2n) is 17.0. The molecule has 0 aliphatic carbocycles. The van der Waals surface area contributed by atoms with Gasteiger partial charge in [0.1, 0.15) is 13.2 Å². The van der Waals surface area contributed by atoms with Crippen LogP contribution in [0.15, 0.2) is 109 Å². The third kappa shape index (κ3) is 50.9. The lowest BCUT2D eigenvalue weighted by molar-refractivity contribution is -0.167. The largest absolute Gasteiger partial charge is 0.462 e. The van der Waals surface area contributed by atoms with Crippen molar-refractivity contribution in [2.45, 2.75) is 232 Å². The first kappa shape index (κ1) is 61.1. The van der Waals surface area contributed by atoms with Gasteiger partial charge in [-0.1, -0.05) is 188 Å². The van der Waals surface area contributed by atoms with Crippen molar-refractivity contribution in [1.82, 2.24) is 0 Å². The maximum absolute atomic E-state index is 12.8. The molecule has 1 atom stereocenters. The highest BCUT2D eigenvalue weighted by molar-refractivity contribution is 5.71. The number of unbranched alkanes of at least 4 members (excludes halogenated alkanes) is 17.